The normalized spacial score (nSPS) is 21.5. The summed E-state index contributed by atoms with van der Waals surface area (Å²) in [5, 5.41) is 9.17. The van der Waals surface area contributed by atoms with Gasteiger partial charge < -0.3 is 10.0 Å². The molecule has 0 bridgehead atoms. The highest BCUT2D eigenvalue weighted by atomic mass is 19.4. The lowest BCUT2D eigenvalue weighted by molar-refractivity contribution is -0.273. The molecule has 1 saturated heterocycles. The number of hydrogen-bond donors (Lipinski definition) is 1. The van der Waals surface area contributed by atoms with Crippen molar-refractivity contribution in [3.63, 3.8) is 0 Å². The van der Waals surface area contributed by atoms with E-state index >= 15 is 0 Å². The van der Waals surface area contributed by atoms with Gasteiger partial charge in [0.25, 0.3) is 0 Å². The van der Waals surface area contributed by atoms with Gasteiger partial charge in [0.05, 0.1) is 0 Å². The molecule has 100 valence electrons. The van der Waals surface area contributed by atoms with Crippen molar-refractivity contribution >= 4 is 5.91 Å². The molecule has 0 saturated carbocycles. The van der Waals surface area contributed by atoms with Crippen LogP contribution in [0.3, 0.4) is 0 Å². The lowest BCUT2D eigenvalue weighted by atomic mass is 9.91. The molecule has 0 aliphatic carbocycles. The number of aliphatic hydroxyl groups is 1. The lowest BCUT2D eigenvalue weighted by Gasteiger charge is -2.39. The van der Waals surface area contributed by atoms with Crippen LogP contribution in [-0.4, -0.2) is 47.0 Å². The zero-order chi connectivity index (χ0) is 13.5. The maximum atomic E-state index is 12.3. The minimum Gasteiger partial charge on any atom is -0.380 e. The average Bonchev–Trinajstić information content (AvgIpc) is 2.15. The Morgan fingerprint density at radius 3 is 1.76 bits per heavy atom. The minimum atomic E-state index is -5.10. The maximum Gasteiger partial charge on any atom is 0.471 e. The molecular weight excluding hydrogens is 256 g/mol. The zero-order valence-corrected chi connectivity index (χ0v) is 8.40. The van der Waals surface area contributed by atoms with Crippen LogP contribution in [-0.2, 0) is 4.79 Å². The monoisotopic (exact) mass is 265 g/mol. The maximum absolute atomic E-state index is 12.3. The molecule has 17 heavy (non-hydrogen) atoms. The average molecular weight is 265 g/mol. The van der Waals surface area contributed by atoms with Crippen LogP contribution in [0.15, 0.2) is 0 Å². The summed E-state index contributed by atoms with van der Waals surface area (Å²) in [5.74, 6) is -2.18. The van der Waals surface area contributed by atoms with Crippen molar-refractivity contribution in [2.75, 3.05) is 13.1 Å². The second-order valence-electron chi connectivity index (χ2n) is 3.82. The number of hydrogen-bond acceptors (Lipinski definition) is 2. The Balaban J connectivity index is 2.67. The summed E-state index contributed by atoms with van der Waals surface area (Å²) >= 11 is 0. The van der Waals surface area contributed by atoms with Gasteiger partial charge in [-0.2, -0.15) is 26.3 Å². The number of rotatable bonds is 0. The topological polar surface area (TPSA) is 40.5 Å². The first-order valence-electron chi connectivity index (χ1n) is 4.62. The van der Waals surface area contributed by atoms with Crippen LogP contribution >= 0.6 is 0 Å². The number of alkyl halides is 6. The van der Waals surface area contributed by atoms with E-state index in [4.69, 9.17) is 5.11 Å². The Hall–Kier alpha value is -0.990. The number of halogens is 6. The Kier molecular flexibility index (Phi) is 3.34. The van der Waals surface area contributed by atoms with Gasteiger partial charge in [-0.25, -0.2) is 0 Å². The van der Waals surface area contributed by atoms with Gasteiger partial charge in [-0.05, 0) is 0 Å². The Labute approximate surface area is 92.0 Å². The van der Waals surface area contributed by atoms with E-state index in [0.29, 0.717) is 0 Å². The Bertz CT molecular complexity index is 302. The molecule has 1 aliphatic rings. The van der Waals surface area contributed by atoms with Crippen molar-refractivity contribution in [1.29, 1.82) is 0 Å². The second-order valence-corrected chi connectivity index (χ2v) is 3.82. The largest absolute Gasteiger partial charge is 0.471 e. The minimum absolute atomic E-state index is 0.264. The number of nitrogens with zero attached hydrogens (tertiary/aromatic N) is 1. The number of amides is 1. The third kappa shape index (κ3) is 2.82. The zero-order valence-electron chi connectivity index (χ0n) is 8.40. The summed E-state index contributed by atoms with van der Waals surface area (Å²) in [6.07, 6.45) is -11.9. The summed E-state index contributed by atoms with van der Waals surface area (Å²) in [5.41, 5.74) is -3.00. The second kappa shape index (κ2) is 4.04. The molecule has 0 atom stereocenters. The highest BCUT2D eigenvalue weighted by Crippen LogP contribution is 2.38. The predicted octanol–water partition coefficient (Wildman–Crippen LogP) is 1.46. The van der Waals surface area contributed by atoms with Crippen LogP contribution in [0, 0.1) is 0 Å². The number of likely N-dealkylation sites (tertiary alicyclic amines) is 1. The fourth-order valence-electron chi connectivity index (χ4n) is 1.54. The van der Waals surface area contributed by atoms with E-state index in [0.717, 1.165) is 0 Å². The molecule has 0 radical (unpaired) electrons. The van der Waals surface area contributed by atoms with Crippen molar-refractivity contribution in [3.05, 3.63) is 0 Å². The first-order chi connectivity index (χ1) is 7.47. The smallest absolute Gasteiger partial charge is 0.380 e. The first-order valence-corrected chi connectivity index (χ1v) is 4.62. The fraction of sp³-hybridized carbons (Fsp3) is 0.875. The summed E-state index contributed by atoms with van der Waals surface area (Å²) in [4.78, 5) is 11.0. The summed E-state index contributed by atoms with van der Waals surface area (Å²) in [6, 6.07) is 0. The van der Waals surface area contributed by atoms with Crippen LogP contribution in [0.25, 0.3) is 0 Å². The van der Waals surface area contributed by atoms with Crippen LogP contribution in [0.2, 0.25) is 0 Å². The summed E-state index contributed by atoms with van der Waals surface area (Å²) in [6.45, 7) is -1.54. The molecular formula is C8H9F6NO2. The molecule has 1 amide bonds. The molecule has 3 nitrogen and oxygen atoms in total. The van der Waals surface area contributed by atoms with E-state index in [1.54, 1.807) is 0 Å². The van der Waals surface area contributed by atoms with E-state index in [-0.39, 0.29) is 4.90 Å². The molecule has 1 rings (SSSR count). The first kappa shape index (κ1) is 14.1. The van der Waals surface area contributed by atoms with E-state index in [1.165, 1.54) is 0 Å². The molecule has 9 heteroatoms. The van der Waals surface area contributed by atoms with Crippen molar-refractivity contribution in [3.8, 4) is 0 Å². The van der Waals surface area contributed by atoms with Crippen LogP contribution in [0.5, 0.6) is 0 Å². The summed E-state index contributed by atoms with van der Waals surface area (Å²) < 4.78 is 72.9. The molecule has 1 fully saturated rings. The number of carbonyl (C=O) groups excluding carboxylic acids is 1. The van der Waals surface area contributed by atoms with E-state index in [9.17, 15) is 31.1 Å². The van der Waals surface area contributed by atoms with Crippen LogP contribution in [0.1, 0.15) is 12.8 Å². The van der Waals surface area contributed by atoms with E-state index < -0.39 is 49.8 Å². The van der Waals surface area contributed by atoms with E-state index in [1.807, 2.05) is 0 Å². The molecule has 0 aromatic carbocycles. The van der Waals surface area contributed by atoms with E-state index in [2.05, 4.69) is 0 Å². The quantitative estimate of drug-likeness (QED) is 0.674. The third-order valence-corrected chi connectivity index (χ3v) is 2.65. The van der Waals surface area contributed by atoms with Gasteiger partial charge in [0.15, 0.2) is 5.60 Å². The molecule has 1 aliphatic heterocycles. The van der Waals surface area contributed by atoms with Crippen molar-refractivity contribution in [2.24, 2.45) is 0 Å². The lowest BCUT2D eigenvalue weighted by Crippen LogP contribution is -2.56. The van der Waals surface area contributed by atoms with Gasteiger partial charge in [-0.3, -0.25) is 4.79 Å². The Morgan fingerprint density at radius 1 is 1.06 bits per heavy atom. The van der Waals surface area contributed by atoms with Crippen LogP contribution < -0.4 is 0 Å². The SMILES string of the molecule is O=C(N1CCC(O)(C(F)(F)F)CC1)C(F)(F)F. The predicted molar refractivity (Wildman–Crippen MR) is 42.9 cm³/mol. The van der Waals surface area contributed by atoms with Gasteiger partial charge in [0.2, 0.25) is 0 Å². The molecule has 1 N–H and O–H groups in total. The molecule has 1 heterocycles. The standard InChI is InChI=1S/C8H9F6NO2/c9-7(10,11)5(16)15-3-1-6(17,2-4-15)8(12,13)14/h17H,1-4H2. The van der Waals surface area contributed by atoms with Crippen molar-refractivity contribution in [2.45, 2.75) is 30.8 Å². The van der Waals surface area contributed by atoms with Gasteiger partial charge in [-0.1, -0.05) is 0 Å². The molecule has 0 aromatic heterocycles. The van der Waals surface area contributed by atoms with Crippen molar-refractivity contribution < 1.29 is 36.2 Å². The highest BCUT2D eigenvalue weighted by molar-refractivity contribution is 5.81. The number of piperidine rings is 1. The Morgan fingerprint density at radius 2 is 1.47 bits per heavy atom. The number of carbonyl (C=O) groups is 1. The molecule has 0 unspecified atom stereocenters. The van der Waals surface area contributed by atoms with Gasteiger partial charge in [-0.15, -0.1) is 0 Å². The molecule has 0 aromatic rings. The summed E-state index contributed by atoms with van der Waals surface area (Å²) in [7, 11) is 0. The molecule has 0 spiro atoms. The van der Waals surface area contributed by atoms with Crippen molar-refractivity contribution in [1.82, 2.24) is 4.90 Å². The van der Waals surface area contributed by atoms with Gasteiger partial charge in [0.1, 0.15) is 0 Å². The third-order valence-electron chi connectivity index (χ3n) is 2.65. The highest BCUT2D eigenvalue weighted by Gasteiger charge is 2.56. The van der Waals surface area contributed by atoms with Gasteiger partial charge in [0, 0.05) is 25.9 Å². The fourth-order valence-corrected chi connectivity index (χ4v) is 1.54. The van der Waals surface area contributed by atoms with Crippen LogP contribution in [0.4, 0.5) is 26.3 Å². The van der Waals surface area contributed by atoms with Gasteiger partial charge >= 0.3 is 18.3 Å².